The number of methoxy groups -OCH3 is 1. The minimum absolute atomic E-state index is 0.305. The number of nitrogens with zero attached hydrogens (tertiary/aromatic N) is 1. The summed E-state index contributed by atoms with van der Waals surface area (Å²) < 4.78 is 11.5. The van der Waals surface area contributed by atoms with Crippen molar-refractivity contribution in [1.82, 2.24) is 15.8 Å². The van der Waals surface area contributed by atoms with E-state index in [4.69, 9.17) is 9.47 Å². The highest BCUT2D eigenvalue weighted by Crippen LogP contribution is 2.36. The Labute approximate surface area is 153 Å². The Balaban J connectivity index is 2.08. The van der Waals surface area contributed by atoms with Crippen LogP contribution in [0.5, 0.6) is 11.5 Å². The van der Waals surface area contributed by atoms with Gasteiger partial charge in [0, 0.05) is 18.0 Å². The first-order valence-electron chi connectivity index (χ1n) is 7.57. The van der Waals surface area contributed by atoms with Crippen LogP contribution in [0.2, 0.25) is 0 Å². The van der Waals surface area contributed by atoms with E-state index in [1.54, 1.807) is 30.5 Å². The fourth-order valence-corrected chi connectivity index (χ4v) is 2.51. The zero-order valence-corrected chi connectivity index (χ0v) is 15.4. The molecule has 0 saturated heterocycles. The van der Waals surface area contributed by atoms with Gasteiger partial charge in [0.2, 0.25) is 0 Å². The van der Waals surface area contributed by atoms with Crippen molar-refractivity contribution in [3.05, 3.63) is 52.3 Å². The maximum absolute atomic E-state index is 12.3. The molecule has 0 fully saturated rings. The lowest BCUT2D eigenvalue weighted by Gasteiger charge is -2.14. The van der Waals surface area contributed by atoms with Crippen LogP contribution in [0, 0.1) is 0 Å². The fraction of sp³-hybridized carbons (Fsp3) is 0.235. The van der Waals surface area contributed by atoms with E-state index in [0.717, 1.165) is 6.42 Å². The SMILES string of the molecule is CCCOc1c(Br)cc(C(=O)NNC(=O)c2cccnc2)cc1OC. The highest BCUT2D eigenvalue weighted by molar-refractivity contribution is 9.10. The highest BCUT2D eigenvalue weighted by atomic mass is 79.9. The number of carbonyl (C=O) groups is 2. The molecule has 0 radical (unpaired) electrons. The van der Waals surface area contributed by atoms with Gasteiger partial charge in [-0.2, -0.15) is 0 Å². The molecule has 1 heterocycles. The first kappa shape index (κ1) is 18.7. The van der Waals surface area contributed by atoms with Gasteiger partial charge in [0.1, 0.15) is 0 Å². The molecule has 0 atom stereocenters. The zero-order valence-electron chi connectivity index (χ0n) is 13.8. The Morgan fingerprint density at radius 1 is 1.20 bits per heavy atom. The summed E-state index contributed by atoms with van der Waals surface area (Å²) in [4.78, 5) is 28.0. The summed E-state index contributed by atoms with van der Waals surface area (Å²) in [7, 11) is 1.49. The Morgan fingerprint density at radius 2 is 1.92 bits per heavy atom. The Kier molecular flexibility index (Phi) is 6.76. The second-order valence-electron chi connectivity index (χ2n) is 4.99. The number of pyridine rings is 1. The molecule has 2 aromatic rings. The summed E-state index contributed by atoms with van der Waals surface area (Å²) in [5.41, 5.74) is 5.33. The van der Waals surface area contributed by atoms with Crippen molar-refractivity contribution in [3.8, 4) is 11.5 Å². The molecule has 7 nitrogen and oxygen atoms in total. The second-order valence-corrected chi connectivity index (χ2v) is 5.84. The maximum Gasteiger partial charge on any atom is 0.271 e. The second kappa shape index (κ2) is 9.03. The van der Waals surface area contributed by atoms with Crippen LogP contribution in [-0.2, 0) is 0 Å². The zero-order chi connectivity index (χ0) is 18.2. The van der Waals surface area contributed by atoms with Crippen LogP contribution in [0.3, 0.4) is 0 Å². The van der Waals surface area contributed by atoms with Crippen LogP contribution < -0.4 is 20.3 Å². The van der Waals surface area contributed by atoms with Crippen molar-refractivity contribution in [1.29, 1.82) is 0 Å². The number of halogens is 1. The summed E-state index contributed by atoms with van der Waals surface area (Å²) in [6.07, 6.45) is 3.81. The summed E-state index contributed by atoms with van der Waals surface area (Å²) in [5, 5.41) is 0. The smallest absolute Gasteiger partial charge is 0.271 e. The van der Waals surface area contributed by atoms with Crippen molar-refractivity contribution in [2.75, 3.05) is 13.7 Å². The predicted octanol–water partition coefficient (Wildman–Crippen LogP) is 2.72. The number of amides is 2. The average molecular weight is 408 g/mol. The summed E-state index contributed by atoms with van der Waals surface area (Å²) in [6, 6.07) is 6.36. The van der Waals surface area contributed by atoms with E-state index >= 15 is 0 Å². The van der Waals surface area contributed by atoms with Crippen LogP contribution >= 0.6 is 15.9 Å². The molecule has 0 unspecified atom stereocenters. The molecular weight excluding hydrogens is 390 g/mol. The minimum atomic E-state index is -0.488. The molecule has 0 aliphatic rings. The number of aromatic nitrogens is 1. The van der Waals surface area contributed by atoms with Gasteiger partial charge < -0.3 is 9.47 Å². The number of nitrogens with one attached hydrogen (secondary N) is 2. The molecule has 8 heteroatoms. The molecule has 25 heavy (non-hydrogen) atoms. The van der Waals surface area contributed by atoms with Gasteiger partial charge in [0.05, 0.1) is 23.8 Å². The third-order valence-corrected chi connectivity index (χ3v) is 3.74. The van der Waals surface area contributed by atoms with Gasteiger partial charge in [-0.1, -0.05) is 6.92 Å². The Bertz CT molecular complexity index is 753. The van der Waals surface area contributed by atoms with Gasteiger partial charge in [0.15, 0.2) is 11.5 Å². The largest absolute Gasteiger partial charge is 0.493 e. The van der Waals surface area contributed by atoms with E-state index in [2.05, 4.69) is 31.8 Å². The molecule has 1 aromatic carbocycles. The van der Waals surface area contributed by atoms with Crippen LogP contribution in [-0.4, -0.2) is 30.5 Å². The monoisotopic (exact) mass is 407 g/mol. The van der Waals surface area contributed by atoms with Crippen LogP contribution in [0.15, 0.2) is 41.1 Å². The molecule has 1 aromatic heterocycles. The van der Waals surface area contributed by atoms with Gasteiger partial charge in [-0.05, 0) is 46.6 Å². The van der Waals surface area contributed by atoms with Crippen LogP contribution in [0.4, 0.5) is 0 Å². The van der Waals surface area contributed by atoms with Gasteiger partial charge >= 0.3 is 0 Å². The standard InChI is InChI=1S/C17H18BrN3O4/c1-3-7-25-15-13(18)8-12(9-14(15)24-2)17(23)21-20-16(22)11-5-4-6-19-10-11/h4-6,8-10H,3,7H2,1-2H3,(H,20,22)(H,21,23). The number of rotatable bonds is 6. The number of hydrogen-bond donors (Lipinski definition) is 2. The van der Waals surface area contributed by atoms with E-state index in [1.807, 2.05) is 6.92 Å². The van der Waals surface area contributed by atoms with Crippen molar-refractivity contribution in [3.63, 3.8) is 0 Å². The third-order valence-electron chi connectivity index (χ3n) is 3.16. The molecule has 0 bridgehead atoms. The maximum atomic E-state index is 12.3. The Morgan fingerprint density at radius 3 is 2.52 bits per heavy atom. The van der Waals surface area contributed by atoms with E-state index < -0.39 is 11.8 Å². The van der Waals surface area contributed by atoms with Gasteiger partial charge in [-0.15, -0.1) is 0 Å². The predicted molar refractivity (Wildman–Crippen MR) is 95.6 cm³/mol. The van der Waals surface area contributed by atoms with Crippen molar-refractivity contribution in [2.45, 2.75) is 13.3 Å². The van der Waals surface area contributed by atoms with Crippen molar-refractivity contribution in [2.24, 2.45) is 0 Å². The number of ether oxygens (including phenoxy) is 2. The number of benzene rings is 1. The number of hydrogen-bond acceptors (Lipinski definition) is 5. The first-order chi connectivity index (χ1) is 12.1. The van der Waals surface area contributed by atoms with Crippen LogP contribution in [0.25, 0.3) is 0 Å². The topological polar surface area (TPSA) is 89.6 Å². The molecule has 0 spiro atoms. The highest BCUT2D eigenvalue weighted by Gasteiger charge is 2.16. The molecule has 0 saturated carbocycles. The average Bonchev–Trinajstić information content (AvgIpc) is 2.64. The summed E-state index contributed by atoms with van der Waals surface area (Å²) in [6.45, 7) is 2.52. The Hall–Kier alpha value is -2.61. The lowest BCUT2D eigenvalue weighted by molar-refractivity contribution is 0.0846. The quantitative estimate of drug-likeness (QED) is 0.718. The van der Waals surface area contributed by atoms with E-state index in [9.17, 15) is 9.59 Å². The molecular formula is C17H18BrN3O4. The lowest BCUT2D eigenvalue weighted by atomic mass is 10.2. The molecule has 132 valence electrons. The van der Waals surface area contributed by atoms with Gasteiger partial charge in [0.25, 0.3) is 11.8 Å². The molecule has 2 N–H and O–H groups in total. The normalized spacial score (nSPS) is 10.0. The molecule has 2 amide bonds. The molecule has 0 aliphatic heterocycles. The summed E-state index contributed by atoms with van der Waals surface area (Å²) in [5.74, 6) is 0.000480. The van der Waals surface area contributed by atoms with E-state index in [-0.39, 0.29) is 0 Å². The van der Waals surface area contributed by atoms with E-state index in [1.165, 1.54) is 13.3 Å². The van der Waals surface area contributed by atoms with Crippen LogP contribution in [0.1, 0.15) is 34.1 Å². The van der Waals surface area contributed by atoms with Crippen molar-refractivity contribution >= 4 is 27.7 Å². The third kappa shape index (κ3) is 4.93. The summed E-state index contributed by atoms with van der Waals surface area (Å²) >= 11 is 3.37. The lowest BCUT2D eigenvalue weighted by Crippen LogP contribution is -2.41. The number of hydrazine groups is 1. The molecule has 2 rings (SSSR count). The van der Waals surface area contributed by atoms with Crippen molar-refractivity contribution < 1.29 is 19.1 Å². The fourth-order valence-electron chi connectivity index (χ4n) is 1.95. The molecule has 0 aliphatic carbocycles. The minimum Gasteiger partial charge on any atom is -0.493 e. The van der Waals surface area contributed by atoms with Gasteiger partial charge in [-0.3, -0.25) is 25.4 Å². The van der Waals surface area contributed by atoms with E-state index in [0.29, 0.717) is 33.7 Å². The van der Waals surface area contributed by atoms with Gasteiger partial charge in [-0.25, -0.2) is 0 Å². The first-order valence-corrected chi connectivity index (χ1v) is 8.37. The number of carbonyl (C=O) groups excluding carboxylic acids is 2.